The molecule has 3 rings (SSSR count). The lowest BCUT2D eigenvalue weighted by Gasteiger charge is -2.08. The van der Waals surface area contributed by atoms with Crippen LogP contribution in [0.1, 0.15) is 12.5 Å². The first-order valence-corrected chi connectivity index (χ1v) is 7.43. The zero-order valence-electron chi connectivity index (χ0n) is 13.4. The topological polar surface area (TPSA) is 81.4 Å². The van der Waals surface area contributed by atoms with Gasteiger partial charge < -0.3 is 4.74 Å². The number of anilines is 1. The van der Waals surface area contributed by atoms with Crippen molar-refractivity contribution in [1.29, 1.82) is 0 Å². The van der Waals surface area contributed by atoms with Crippen molar-refractivity contribution in [1.82, 2.24) is 19.6 Å². The number of hydrogen-bond acceptors (Lipinski definition) is 5. The van der Waals surface area contributed by atoms with E-state index in [0.29, 0.717) is 12.2 Å². The van der Waals surface area contributed by atoms with Crippen molar-refractivity contribution in [3.05, 3.63) is 59.9 Å². The van der Waals surface area contributed by atoms with Gasteiger partial charge in [-0.25, -0.2) is 9.50 Å². The second kappa shape index (κ2) is 6.91. The van der Waals surface area contributed by atoms with Gasteiger partial charge in [-0.15, -0.1) is 5.10 Å². The lowest BCUT2D eigenvalue weighted by Crippen LogP contribution is -2.10. The van der Waals surface area contributed by atoms with E-state index in [4.69, 9.17) is 4.74 Å². The number of aromatic nitrogens is 4. The Labute approximate surface area is 139 Å². The molecule has 1 aromatic carbocycles. The van der Waals surface area contributed by atoms with Gasteiger partial charge >= 0.3 is 0 Å². The predicted molar refractivity (Wildman–Crippen MR) is 89.9 cm³/mol. The lowest BCUT2D eigenvalue weighted by molar-refractivity contribution is -0.112. The fourth-order valence-corrected chi connectivity index (χ4v) is 2.36. The van der Waals surface area contributed by atoms with Gasteiger partial charge in [0.25, 0.3) is 17.6 Å². The molecule has 2 aromatic heterocycles. The molecule has 0 spiro atoms. The first-order valence-electron chi connectivity index (χ1n) is 7.43. The van der Waals surface area contributed by atoms with Crippen LogP contribution in [0, 0.1) is 0 Å². The summed E-state index contributed by atoms with van der Waals surface area (Å²) in [5.74, 6) is 1.18. The molecule has 7 nitrogen and oxygen atoms in total. The van der Waals surface area contributed by atoms with Crippen molar-refractivity contribution in [2.24, 2.45) is 0 Å². The summed E-state index contributed by atoms with van der Waals surface area (Å²) < 4.78 is 6.82. The van der Waals surface area contributed by atoms with Crippen molar-refractivity contribution in [2.75, 3.05) is 12.4 Å². The Morgan fingerprint density at radius 3 is 2.96 bits per heavy atom. The molecule has 0 unspecified atom stereocenters. The maximum Gasteiger partial charge on any atom is 0.253 e. The molecule has 122 valence electrons. The number of methoxy groups -OCH3 is 1. The molecular weight excluding hydrogens is 306 g/mol. The Morgan fingerprint density at radius 2 is 2.17 bits per heavy atom. The van der Waals surface area contributed by atoms with Crippen LogP contribution in [0.15, 0.2) is 54.4 Å². The predicted octanol–water partition coefficient (Wildman–Crippen LogP) is 2.26. The van der Waals surface area contributed by atoms with Crippen LogP contribution in [0.25, 0.3) is 5.78 Å². The average molecular weight is 323 g/mol. The molecule has 2 heterocycles. The normalized spacial score (nSPS) is 11.5. The van der Waals surface area contributed by atoms with Gasteiger partial charge in [-0.1, -0.05) is 23.8 Å². The molecule has 0 fully saturated rings. The SMILES string of the molecule is COc1ccccc1C/C(C)=C/C(=O)Nc1nc2ncccn2n1. The highest BCUT2D eigenvalue weighted by Crippen LogP contribution is 2.20. The van der Waals surface area contributed by atoms with Gasteiger partial charge in [0.05, 0.1) is 7.11 Å². The van der Waals surface area contributed by atoms with Gasteiger partial charge in [0.2, 0.25) is 0 Å². The number of allylic oxidation sites excluding steroid dienone is 1. The fourth-order valence-electron chi connectivity index (χ4n) is 2.36. The summed E-state index contributed by atoms with van der Waals surface area (Å²) in [7, 11) is 1.63. The number of carbonyl (C=O) groups excluding carboxylic acids is 1. The van der Waals surface area contributed by atoms with Gasteiger partial charge in [0.15, 0.2) is 0 Å². The molecule has 0 radical (unpaired) electrons. The maximum atomic E-state index is 12.1. The average Bonchev–Trinajstić information content (AvgIpc) is 2.97. The van der Waals surface area contributed by atoms with Crippen molar-refractivity contribution in [3.63, 3.8) is 0 Å². The van der Waals surface area contributed by atoms with Gasteiger partial charge in [-0.2, -0.15) is 4.98 Å². The van der Waals surface area contributed by atoms with Crippen LogP contribution in [-0.4, -0.2) is 32.6 Å². The van der Waals surface area contributed by atoms with Crippen molar-refractivity contribution >= 4 is 17.6 Å². The summed E-state index contributed by atoms with van der Waals surface area (Å²) in [5, 5.41) is 6.78. The Balaban J connectivity index is 1.69. The van der Waals surface area contributed by atoms with Crippen LogP contribution in [0.5, 0.6) is 5.75 Å². The summed E-state index contributed by atoms with van der Waals surface area (Å²) in [6, 6.07) is 9.47. The minimum absolute atomic E-state index is 0.222. The maximum absolute atomic E-state index is 12.1. The van der Waals surface area contributed by atoms with Crippen LogP contribution in [-0.2, 0) is 11.2 Å². The summed E-state index contributed by atoms with van der Waals surface area (Å²) >= 11 is 0. The van der Waals surface area contributed by atoms with Crippen LogP contribution < -0.4 is 10.1 Å². The number of rotatable bonds is 5. The molecule has 0 aliphatic carbocycles. The van der Waals surface area contributed by atoms with E-state index in [1.165, 1.54) is 10.6 Å². The number of nitrogens with zero attached hydrogens (tertiary/aromatic N) is 4. The molecular formula is C17H17N5O2. The van der Waals surface area contributed by atoms with E-state index in [-0.39, 0.29) is 11.9 Å². The zero-order valence-corrected chi connectivity index (χ0v) is 13.4. The minimum atomic E-state index is -0.279. The van der Waals surface area contributed by atoms with Gasteiger partial charge in [0, 0.05) is 18.5 Å². The quantitative estimate of drug-likeness (QED) is 0.728. The van der Waals surface area contributed by atoms with E-state index in [1.807, 2.05) is 31.2 Å². The van der Waals surface area contributed by atoms with Gasteiger partial charge in [-0.05, 0) is 31.0 Å². The number of carbonyl (C=O) groups is 1. The second-order valence-electron chi connectivity index (χ2n) is 5.27. The van der Waals surface area contributed by atoms with Crippen molar-refractivity contribution in [3.8, 4) is 5.75 Å². The Bertz CT molecular complexity index is 868. The zero-order chi connectivity index (χ0) is 16.9. The molecule has 0 bridgehead atoms. The van der Waals surface area contributed by atoms with Gasteiger partial charge in [-0.3, -0.25) is 10.1 Å². The first kappa shape index (κ1) is 15.7. The van der Waals surface area contributed by atoms with E-state index in [1.54, 1.807) is 25.6 Å². The number of hydrogen-bond donors (Lipinski definition) is 1. The number of nitrogens with one attached hydrogen (secondary N) is 1. The van der Waals surface area contributed by atoms with Crippen LogP contribution in [0.4, 0.5) is 5.95 Å². The van der Waals surface area contributed by atoms with Crippen LogP contribution in [0.3, 0.4) is 0 Å². The second-order valence-corrected chi connectivity index (χ2v) is 5.27. The third kappa shape index (κ3) is 3.57. The third-order valence-corrected chi connectivity index (χ3v) is 3.39. The lowest BCUT2D eigenvalue weighted by atomic mass is 10.1. The monoisotopic (exact) mass is 323 g/mol. The van der Waals surface area contributed by atoms with Gasteiger partial charge in [0.1, 0.15) is 5.75 Å². The Hall–Kier alpha value is -3.22. The number of amides is 1. The van der Waals surface area contributed by atoms with Crippen molar-refractivity contribution < 1.29 is 9.53 Å². The smallest absolute Gasteiger partial charge is 0.253 e. The Morgan fingerprint density at radius 1 is 1.33 bits per heavy atom. The van der Waals surface area contributed by atoms with E-state index in [2.05, 4.69) is 20.4 Å². The first-order chi connectivity index (χ1) is 11.7. The highest BCUT2D eigenvalue weighted by molar-refractivity contribution is 5.98. The fraction of sp³-hybridized carbons (Fsp3) is 0.176. The third-order valence-electron chi connectivity index (χ3n) is 3.39. The van der Waals surface area contributed by atoms with E-state index in [0.717, 1.165) is 16.9 Å². The number of ether oxygens (including phenoxy) is 1. The summed E-state index contributed by atoms with van der Waals surface area (Å²) in [5.41, 5.74) is 1.93. The number of fused-ring (bicyclic) bond motifs is 1. The molecule has 24 heavy (non-hydrogen) atoms. The molecule has 0 atom stereocenters. The van der Waals surface area contributed by atoms with E-state index in [9.17, 15) is 4.79 Å². The highest BCUT2D eigenvalue weighted by atomic mass is 16.5. The van der Waals surface area contributed by atoms with Crippen molar-refractivity contribution in [2.45, 2.75) is 13.3 Å². The molecule has 0 saturated heterocycles. The summed E-state index contributed by atoms with van der Waals surface area (Å²) in [6.45, 7) is 1.89. The number of benzene rings is 1. The van der Waals surface area contributed by atoms with Crippen LogP contribution >= 0.6 is 0 Å². The standard InChI is InChI=1S/C17H17N5O2/c1-12(10-13-6-3-4-7-14(13)24-2)11-15(23)19-16-20-17-18-8-5-9-22(17)21-16/h3-9,11H,10H2,1-2H3,(H,19,21,23)/b12-11+. The summed E-state index contributed by atoms with van der Waals surface area (Å²) in [6.07, 6.45) is 5.49. The molecule has 7 heteroatoms. The minimum Gasteiger partial charge on any atom is -0.496 e. The largest absolute Gasteiger partial charge is 0.496 e. The molecule has 3 aromatic rings. The summed E-state index contributed by atoms with van der Waals surface area (Å²) in [4.78, 5) is 20.3. The highest BCUT2D eigenvalue weighted by Gasteiger charge is 2.08. The number of para-hydroxylation sites is 1. The molecule has 0 aliphatic rings. The van der Waals surface area contributed by atoms with E-state index < -0.39 is 0 Å². The molecule has 0 saturated carbocycles. The molecule has 1 amide bonds. The van der Waals surface area contributed by atoms with E-state index >= 15 is 0 Å². The van der Waals surface area contributed by atoms with Crippen LogP contribution in [0.2, 0.25) is 0 Å². The molecule has 0 aliphatic heterocycles. The molecule has 1 N–H and O–H groups in total. The Kier molecular flexibility index (Phi) is 4.51.